The molecule has 0 bridgehead atoms. The molecule has 0 saturated carbocycles. The molecule has 0 aliphatic heterocycles. The minimum Gasteiger partial charge on any atom is -0.310 e. The van der Waals surface area contributed by atoms with Gasteiger partial charge in [0.2, 0.25) is 0 Å². The molecule has 1 aromatic heterocycles. The molecule has 14 rings (SSSR count). The maximum absolute atomic E-state index is 2.54. The molecule has 66 heavy (non-hydrogen) atoms. The van der Waals surface area contributed by atoms with Crippen LogP contribution in [-0.2, 0) is 10.8 Å². The molecule has 10 aromatic carbocycles. The lowest BCUT2D eigenvalue weighted by Gasteiger charge is -2.33. The number of hydrogen-bond acceptors (Lipinski definition) is 1. The third-order valence-corrected chi connectivity index (χ3v) is 15.2. The largest absolute Gasteiger partial charge is 0.310 e. The van der Waals surface area contributed by atoms with Crippen molar-refractivity contribution in [3.05, 3.63) is 264 Å². The van der Waals surface area contributed by atoms with Gasteiger partial charge in [-0.1, -0.05) is 190 Å². The summed E-state index contributed by atoms with van der Waals surface area (Å²) in [4.78, 5) is 2.54. The van der Waals surface area contributed by atoms with Crippen LogP contribution in [0.4, 0.5) is 17.1 Å². The molecule has 1 spiro atoms. The minimum absolute atomic E-state index is 0.187. The van der Waals surface area contributed by atoms with Crippen molar-refractivity contribution in [2.75, 3.05) is 4.90 Å². The lowest BCUT2D eigenvalue weighted by atomic mass is 9.70. The van der Waals surface area contributed by atoms with Crippen LogP contribution in [0.3, 0.4) is 0 Å². The molecule has 310 valence electrons. The van der Waals surface area contributed by atoms with Gasteiger partial charge in [-0.3, -0.25) is 0 Å². The first-order valence-electron chi connectivity index (χ1n) is 23.2. The number of nitrogens with zero attached hydrogens (tertiary/aromatic N) is 2. The Balaban J connectivity index is 1.06. The normalized spacial score (nSPS) is 14.2. The van der Waals surface area contributed by atoms with Gasteiger partial charge in [-0.05, 0) is 127 Å². The number of para-hydroxylation sites is 3. The van der Waals surface area contributed by atoms with E-state index in [1.807, 2.05) is 0 Å². The minimum atomic E-state index is -0.469. The molecule has 0 unspecified atom stereocenters. The lowest BCUT2D eigenvalue weighted by molar-refractivity contribution is 0.662. The van der Waals surface area contributed by atoms with Gasteiger partial charge in [0, 0.05) is 38.8 Å². The Bertz CT molecular complexity index is 3750. The standard InChI is InChI=1S/C64H44N2/c1-63(2)54-29-12-6-24-47(54)51-27-18-28-52(62(51)63)49-25-10-16-33-59(49)65(42-36-38-61-53(39-42)50-26-11-17-34-60(50)66(61)41-19-4-3-5-20-41)43-35-37-48-46-23-9-15-32-57(46)64(58(48)40-43)55-30-13-7-21-44(55)45-22-8-14-31-56(45)64/h3-40H,1-2H3. The zero-order valence-electron chi connectivity index (χ0n) is 36.8. The molecular formula is C64H44N2. The van der Waals surface area contributed by atoms with Gasteiger partial charge in [-0.15, -0.1) is 0 Å². The van der Waals surface area contributed by atoms with Crippen LogP contribution in [0.1, 0.15) is 47.2 Å². The number of fused-ring (bicyclic) bond motifs is 16. The van der Waals surface area contributed by atoms with Crippen molar-refractivity contribution < 1.29 is 0 Å². The van der Waals surface area contributed by atoms with Crippen LogP contribution in [0.5, 0.6) is 0 Å². The molecule has 2 nitrogen and oxygen atoms in total. The van der Waals surface area contributed by atoms with Crippen LogP contribution in [-0.4, -0.2) is 4.57 Å². The molecule has 3 aliphatic carbocycles. The third-order valence-electron chi connectivity index (χ3n) is 15.2. The number of benzene rings is 10. The van der Waals surface area contributed by atoms with E-state index in [1.54, 1.807) is 0 Å². The summed E-state index contributed by atoms with van der Waals surface area (Å²) in [6, 6.07) is 86.3. The highest BCUT2D eigenvalue weighted by Crippen LogP contribution is 2.63. The lowest BCUT2D eigenvalue weighted by Crippen LogP contribution is -2.26. The van der Waals surface area contributed by atoms with Crippen LogP contribution in [0.2, 0.25) is 0 Å². The van der Waals surface area contributed by atoms with Crippen molar-refractivity contribution in [2.45, 2.75) is 24.7 Å². The molecule has 1 heterocycles. The zero-order chi connectivity index (χ0) is 43.7. The van der Waals surface area contributed by atoms with E-state index in [0.717, 1.165) is 22.7 Å². The molecule has 0 N–H and O–H groups in total. The van der Waals surface area contributed by atoms with Gasteiger partial charge < -0.3 is 9.47 Å². The SMILES string of the molecule is CC1(C)c2ccccc2-c2cccc(-c3ccccc3N(c3ccc4c(c3)C3(c5ccccc5-c5ccccc53)c3ccccc3-4)c3ccc4c(c3)c3ccccc3n4-c3ccccc3)c21. The highest BCUT2D eigenvalue weighted by molar-refractivity contribution is 6.11. The van der Waals surface area contributed by atoms with E-state index in [1.165, 1.54) is 99.7 Å². The van der Waals surface area contributed by atoms with Crippen molar-refractivity contribution in [1.29, 1.82) is 0 Å². The maximum Gasteiger partial charge on any atom is 0.0726 e. The van der Waals surface area contributed by atoms with Crippen molar-refractivity contribution in [1.82, 2.24) is 4.57 Å². The van der Waals surface area contributed by atoms with E-state index >= 15 is 0 Å². The summed E-state index contributed by atoms with van der Waals surface area (Å²) in [5.41, 5.74) is 24.7. The first-order chi connectivity index (χ1) is 32.5. The predicted octanol–water partition coefficient (Wildman–Crippen LogP) is 16.6. The fourth-order valence-electron chi connectivity index (χ4n) is 12.6. The zero-order valence-corrected chi connectivity index (χ0v) is 36.8. The Morgan fingerprint density at radius 2 is 0.803 bits per heavy atom. The molecule has 0 atom stereocenters. The molecule has 0 saturated heterocycles. The van der Waals surface area contributed by atoms with Crippen molar-refractivity contribution in [3.63, 3.8) is 0 Å². The highest BCUT2D eigenvalue weighted by atomic mass is 15.1. The summed E-state index contributed by atoms with van der Waals surface area (Å²) < 4.78 is 2.41. The number of hydrogen-bond donors (Lipinski definition) is 0. The maximum atomic E-state index is 2.54. The van der Waals surface area contributed by atoms with Crippen molar-refractivity contribution >= 4 is 38.9 Å². The Morgan fingerprint density at radius 1 is 0.333 bits per heavy atom. The van der Waals surface area contributed by atoms with E-state index in [2.05, 4.69) is 254 Å². The van der Waals surface area contributed by atoms with E-state index < -0.39 is 5.41 Å². The number of rotatable bonds is 5. The molecule has 0 amide bonds. The van der Waals surface area contributed by atoms with Crippen molar-refractivity contribution in [2.24, 2.45) is 0 Å². The summed E-state index contributed by atoms with van der Waals surface area (Å²) in [6.45, 7) is 4.79. The first kappa shape index (κ1) is 37.2. The van der Waals surface area contributed by atoms with Crippen LogP contribution in [0.15, 0.2) is 231 Å². The Kier molecular flexibility index (Phi) is 7.70. The second kappa shape index (κ2) is 13.7. The quantitative estimate of drug-likeness (QED) is 0.168. The second-order valence-corrected chi connectivity index (χ2v) is 18.8. The summed E-state index contributed by atoms with van der Waals surface area (Å²) in [5.74, 6) is 0. The highest BCUT2D eigenvalue weighted by Gasteiger charge is 2.51. The molecule has 3 aliphatic rings. The molecular weight excluding hydrogens is 797 g/mol. The second-order valence-electron chi connectivity index (χ2n) is 18.8. The van der Waals surface area contributed by atoms with Crippen LogP contribution < -0.4 is 4.90 Å². The fourth-order valence-corrected chi connectivity index (χ4v) is 12.6. The van der Waals surface area contributed by atoms with Crippen LogP contribution in [0, 0.1) is 0 Å². The van der Waals surface area contributed by atoms with E-state index in [0.29, 0.717) is 0 Å². The van der Waals surface area contributed by atoms with Gasteiger partial charge in [-0.25, -0.2) is 0 Å². The Labute approximate surface area is 385 Å². The average Bonchev–Trinajstić information content (AvgIpc) is 4.05. The van der Waals surface area contributed by atoms with Crippen LogP contribution >= 0.6 is 0 Å². The number of anilines is 3. The molecule has 0 fully saturated rings. The van der Waals surface area contributed by atoms with Gasteiger partial charge in [0.15, 0.2) is 0 Å². The Hall–Kier alpha value is -8.20. The summed E-state index contributed by atoms with van der Waals surface area (Å²) in [6.07, 6.45) is 0. The number of aromatic nitrogens is 1. The summed E-state index contributed by atoms with van der Waals surface area (Å²) >= 11 is 0. The van der Waals surface area contributed by atoms with Gasteiger partial charge >= 0.3 is 0 Å². The van der Waals surface area contributed by atoms with Gasteiger partial charge in [0.05, 0.1) is 22.1 Å². The van der Waals surface area contributed by atoms with E-state index in [4.69, 9.17) is 0 Å². The van der Waals surface area contributed by atoms with E-state index in [-0.39, 0.29) is 5.41 Å². The monoisotopic (exact) mass is 840 g/mol. The Morgan fingerprint density at radius 3 is 1.48 bits per heavy atom. The molecule has 11 aromatic rings. The van der Waals surface area contributed by atoms with Gasteiger partial charge in [-0.2, -0.15) is 0 Å². The fraction of sp³-hybridized carbons (Fsp3) is 0.0625. The van der Waals surface area contributed by atoms with Crippen molar-refractivity contribution in [3.8, 4) is 50.2 Å². The molecule has 2 heteroatoms. The van der Waals surface area contributed by atoms with Crippen LogP contribution in [0.25, 0.3) is 72.0 Å². The molecule has 0 radical (unpaired) electrons. The smallest absolute Gasteiger partial charge is 0.0726 e. The van der Waals surface area contributed by atoms with Gasteiger partial charge in [0.1, 0.15) is 0 Å². The summed E-state index contributed by atoms with van der Waals surface area (Å²) in [5, 5.41) is 2.45. The topological polar surface area (TPSA) is 8.17 Å². The predicted molar refractivity (Wildman–Crippen MR) is 275 cm³/mol. The summed E-state index contributed by atoms with van der Waals surface area (Å²) in [7, 11) is 0. The van der Waals surface area contributed by atoms with Gasteiger partial charge in [0.25, 0.3) is 0 Å². The van der Waals surface area contributed by atoms with E-state index in [9.17, 15) is 0 Å². The average molecular weight is 841 g/mol. The third kappa shape index (κ3) is 4.85. The first-order valence-corrected chi connectivity index (χ1v) is 23.2.